The van der Waals surface area contributed by atoms with Gasteiger partial charge in [-0.1, -0.05) is 71.1 Å². The molecular weight excluding hydrogens is 969 g/mol. The lowest BCUT2D eigenvalue weighted by atomic mass is 9.83. The van der Waals surface area contributed by atoms with Crippen molar-refractivity contribution in [3.8, 4) is 0 Å². The van der Waals surface area contributed by atoms with Crippen LogP contribution in [0.1, 0.15) is 137 Å². The van der Waals surface area contributed by atoms with Gasteiger partial charge < -0.3 is 24.8 Å². The van der Waals surface area contributed by atoms with Gasteiger partial charge in [0, 0.05) is 50.1 Å². The molecule has 10 rings (SSSR count). The number of carboxylic acid groups (broad SMARTS) is 1. The van der Waals surface area contributed by atoms with Gasteiger partial charge in [-0.2, -0.15) is 0 Å². The van der Waals surface area contributed by atoms with Crippen molar-refractivity contribution in [1.82, 2.24) is 40.2 Å². The van der Waals surface area contributed by atoms with Crippen molar-refractivity contribution in [2.45, 2.75) is 119 Å². The number of hydrogen-bond donors (Lipinski definition) is 2. The van der Waals surface area contributed by atoms with Crippen LogP contribution in [0.2, 0.25) is 0 Å². The highest BCUT2D eigenvalue weighted by Crippen LogP contribution is 2.37. The fraction of sp³-hybridized carbons (Fsp3) is 0.355. The molecule has 0 fully saturated rings. The van der Waals surface area contributed by atoms with Gasteiger partial charge >= 0.3 is 17.9 Å². The summed E-state index contributed by atoms with van der Waals surface area (Å²) in [4.78, 5) is 50.5. The minimum Gasteiger partial charge on any atom is -0.478 e. The monoisotopic (exact) mass is 1040 g/mol. The summed E-state index contributed by atoms with van der Waals surface area (Å²) in [7, 11) is 2.87. The van der Waals surface area contributed by atoms with Crippen LogP contribution in [0.3, 0.4) is 0 Å². The number of ether oxygens (including phenoxy) is 2. The van der Waals surface area contributed by atoms with Crippen molar-refractivity contribution in [1.29, 1.82) is 0 Å². The lowest BCUT2D eigenvalue weighted by Gasteiger charge is -2.30. The molecule has 0 unspecified atom stereocenters. The number of hydrogen-bond acceptors (Lipinski definition) is 11. The first-order valence-corrected chi connectivity index (χ1v) is 26.4. The highest BCUT2D eigenvalue weighted by Gasteiger charge is 2.28. The molecule has 0 saturated carbocycles. The van der Waals surface area contributed by atoms with Gasteiger partial charge in [-0.05, 0) is 189 Å². The Morgan fingerprint density at radius 1 is 0.584 bits per heavy atom. The number of rotatable bonds is 12. The Hall–Kier alpha value is -8.04. The van der Waals surface area contributed by atoms with E-state index in [0.29, 0.717) is 25.1 Å². The van der Waals surface area contributed by atoms with Gasteiger partial charge in [0.25, 0.3) is 5.91 Å². The van der Waals surface area contributed by atoms with E-state index in [1.165, 1.54) is 36.5 Å². The Kier molecular flexibility index (Phi) is 17.4. The molecule has 15 heteroatoms. The van der Waals surface area contributed by atoms with Crippen molar-refractivity contribution in [2.75, 3.05) is 27.3 Å². The molecule has 6 aromatic carbocycles. The molecule has 77 heavy (non-hydrogen) atoms. The predicted octanol–water partition coefficient (Wildman–Crippen LogP) is 10.4. The summed E-state index contributed by atoms with van der Waals surface area (Å²) in [5, 5.41) is 29.4. The topological polar surface area (TPSA) is 184 Å². The predicted molar refractivity (Wildman–Crippen MR) is 298 cm³/mol. The second-order valence-electron chi connectivity index (χ2n) is 20.1. The van der Waals surface area contributed by atoms with Gasteiger partial charge in [0.15, 0.2) is 0 Å². The highest BCUT2D eigenvalue weighted by atomic mass is 16.5. The van der Waals surface area contributed by atoms with E-state index in [1.807, 2.05) is 79.2 Å². The molecule has 0 radical (unpaired) electrons. The maximum absolute atomic E-state index is 13.3. The van der Waals surface area contributed by atoms with E-state index in [9.17, 15) is 19.2 Å². The van der Waals surface area contributed by atoms with Crippen LogP contribution in [0, 0.1) is 41.5 Å². The van der Waals surface area contributed by atoms with Crippen LogP contribution in [0.4, 0.5) is 0 Å². The molecule has 0 spiro atoms. The summed E-state index contributed by atoms with van der Waals surface area (Å²) in [6.07, 6.45) is 2.37. The summed E-state index contributed by atoms with van der Waals surface area (Å²) in [5.41, 5.74) is 20.7. The van der Waals surface area contributed by atoms with Gasteiger partial charge in [0.1, 0.15) is 11.0 Å². The molecule has 4 heterocycles. The van der Waals surface area contributed by atoms with Crippen LogP contribution in [0.25, 0.3) is 22.1 Å². The van der Waals surface area contributed by atoms with E-state index >= 15 is 0 Å². The van der Waals surface area contributed by atoms with Gasteiger partial charge in [-0.25, -0.2) is 14.2 Å². The molecule has 2 atom stereocenters. The van der Waals surface area contributed by atoms with E-state index in [4.69, 9.17) is 14.6 Å². The van der Waals surface area contributed by atoms with E-state index in [1.54, 1.807) is 12.1 Å². The molecule has 0 aliphatic carbocycles. The Bertz CT molecular complexity index is 3500. The van der Waals surface area contributed by atoms with Crippen LogP contribution in [0.5, 0.6) is 0 Å². The first-order valence-electron chi connectivity index (χ1n) is 26.4. The van der Waals surface area contributed by atoms with Gasteiger partial charge in [-0.15, -0.1) is 10.2 Å². The average molecular weight is 1040 g/mol. The maximum atomic E-state index is 13.3. The molecule has 8 aromatic rings. The first-order chi connectivity index (χ1) is 37.0. The molecule has 0 bridgehead atoms. The molecule has 1 amide bonds. The number of carbonyl (C=O) groups is 4. The lowest BCUT2D eigenvalue weighted by molar-refractivity contribution is -0.141. The van der Waals surface area contributed by atoms with E-state index < -0.39 is 5.97 Å². The minimum absolute atomic E-state index is 0.0515. The number of fused-ring (bicyclic) bond motifs is 4. The molecule has 2 aromatic heterocycles. The Morgan fingerprint density at radius 2 is 1.08 bits per heavy atom. The Morgan fingerprint density at radius 3 is 1.57 bits per heavy atom. The third kappa shape index (κ3) is 12.2. The molecule has 2 aliphatic rings. The molecule has 0 saturated heterocycles. The largest absolute Gasteiger partial charge is 0.478 e. The number of aromatic carboxylic acids is 1. The molecule has 15 nitrogen and oxygen atoms in total. The Balaban J connectivity index is 0.000000175. The number of nitrogens with zero attached hydrogens (tertiary/aromatic N) is 7. The third-order valence-electron chi connectivity index (χ3n) is 15.5. The molecule has 2 N–H and O–H groups in total. The van der Waals surface area contributed by atoms with Crippen molar-refractivity contribution in [3.63, 3.8) is 0 Å². The summed E-state index contributed by atoms with van der Waals surface area (Å²) in [5.74, 6) is -1.57. The number of aryl methyl sites for hydroxylation is 8. The molecular formula is C62H70N8O7. The fourth-order valence-corrected chi connectivity index (χ4v) is 10.5. The highest BCUT2D eigenvalue weighted by molar-refractivity contribution is 5.94. The first kappa shape index (κ1) is 55.2. The fourth-order valence-electron chi connectivity index (χ4n) is 10.5. The number of nitrogens with one attached hydrogen (secondary N) is 1. The molecule has 2 aliphatic heterocycles. The normalized spacial score (nSPS) is 13.6. The quantitative estimate of drug-likeness (QED) is 0.111. The number of carbonyl (C=O) groups excluding carboxylic acids is 3. The summed E-state index contributed by atoms with van der Waals surface area (Å²) < 4.78 is 13.8. The maximum Gasteiger partial charge on any atom is 0.335 e. The van der Waals surface area contributed by atoms with Crippen LogP contribution in [-0.2, 0) is 58.1 Å². The van der Waals surface area contributed by atoms with E-state index in [2.05, 4.69) is 101 Å². The van der Waals surface area contributed by atoms with Crippen LogP contribution >= 0.6 is 0 Å². The lowest BCUT2D eigenvalue weighted by Crippen LogP contribution is -2.36. The smallest absolute Gasteiger partial charge is 0.335 e. The van der Waals surface area contributed by atoms with Crippen LogP contribution in [0.15, 0.2) is 97.1 Å². The minimum atomic E-state index is -0.867. The van der Waals surface area contributed by atoms with Crippen molar-refractivity contribution in [3.05, 3.63) is 186 Å². The van der Waals surface area contributed by atoms with Crippen LogP contribution < -0.4 is 5.32 Å². The SMILES string of the molecule is CCn1nnc2c(C)c([C@@H](CC(=O)OC)c3ccc4c(c3)CN(C(=O)c3ccc(C)c(C)c3)CC4)ccc21.CCn1nnc2c(C)c([C@@H](CC(=O)OC)c3ccc4c(c3)CNCC4)ccc21.Cc1ccc(C(=O)O)cc1C. The van der Waals surface area contributed by atoms with Crippen molar-refractivity contribution in [2.24, 2.45) is 0 Å². The van der Waals surface area contributed by atoms with E-state index in [0.717, 1.165) is 122 Å². The second-order valence-corrected chi connectivity index (χ2v) is 20.1. The standard InChI is InChI=1S/C31H34N4O3.C22H26N4O2.C9H10O2/c1-6-35-28-12-11-26(21(4)30(28)32-33-35)27(17-29(36)38-5)23-10-9-22-13-14-34(18-25(22)16-23)31(37)24-8-7-19(2)20(3)15-24;1-4-26-20-8-7-18(14(2)22(20)24-25-26)19(12-21(27)28-3)16-6-5-15-9-10-23-13-17(15)11-16;1-6-3-4-8(9(10)11)5-7(6)2/h7-12,15-16,27H,6,13-14,17-18H2,1-5H3;5-8,11,19,23H,4,9-10,12-13H2,1-3H3;3-5H,1-2H3,(H,10,11)/t27-;19-;/m00./s1. The second kappa shape index (κ2) is 24.3. The summed E-state index contributed by atoms with van der Waals surface area (Å²) in [6.45, 7) is 20.8. The number of esters is 2. The van der Waals surface area contributed by atoms with Crippen molar-refractivity contribution >= 4 is 45.9 Å². The zero-order valence-corrected chi connectivity index (χ0v) is 46.0. The van der Waals surface area contributed by atoms with Crippen molar-refractivity contribution < 1.29 is 33.8 Å². The average Bonchev–Trinajstić information content (AvgIpc) is 4.10. The zero-order valence-electron chi connectivity index (χ0n) is 46.0. The van der Waals surface area contributed by atoms with Gasteiger partial charge in [0.05, 0.1) is 43.7 Å². The summed E-state index contributed by atoms with van der Waals surface area (Å²) in [6, 6.07) is 32.3. The summed E-state index contributed by atoms with van der Waals surface area (Å²) >= 11 is 0. The van der Waals surface area contributed by atoms with Gasteiger partial charge in [0.2, 0.25) is 0 Å². The third-order valence-corrected chi connectivity index (χ3v) is 15.5. The number of aromatic nitrogens is 6. The number of methoxy groups -OCH3 is 2. The van der Waals surface area contributed by atoms with E-state index in [-0.39, 0.29) is 36.1 Å². The zero-order chi connectivity index (χ0) is 55.1. The van der Waals surface area contributed by atoms with Gasteiger partial charge in [-0.3, -0.25) is 14.4 Å². The van der Waals surface area contributed by atoms with Crippen LogP contribution in [-0.4, -0.2) is 91.1 Å². The number of carboxylic acids is 1. The molecule has 400 valence electrons. The number of amides is 1. The Labute approximate surface area is 450 Å². The number of benzene rings is 6.